The molecular weight excluding hydrogens is 334 g/mol. The van der Waals surface area contributed by atoms with Crippen molar-refractivity contribution in [3.63, 3.8) is 0 Å². The van der Waals surface area contributed by atoms with Crippen LogP contribution in [0.1, 0.15) is 31.0 Å². The first kappa shape index (κ1) is 15.6. The molecule has 20 heavy (non-hydrogen) atoms. The number of hydrogen-bond donors (Lipinski definition) is 1. The van der Waals surface area contributed by atoms with Crippen molar-refractivity contribution >= 4 is 27.5 Å². The molecule has 0 saturated carbocycles. The molecule has 2 unspecified atom stereocenters. The molecule has 0 heterocycles. The fourth-order valence-corrected chi connectivity index (χ4v) is 3.26. The number of nitrogens with one attached hydrogen (secondary N) is 1. The molecule has 1 N–H and O–H groups in total. The standard InChI is InChI=1S/C17H19BrClN/c1-12(10-14-6-5-7-15(19)11-14)20-13(2)16-8-3-4-9-17(16)18/h3-9,11-13,20H,10H2,1-2H3. The first-order valence-corrected chi connectivity index (χ1v) is 7.98. The molecule has 2 aromatic carbocycles. The largest absolute Gasteiger partial charge is 0.307 e. The van der Waals surface area contributed by atoms with E-state index in [2.05, 4.69) is 59.4 Å². The Morgan fingerprint density at radius 3 is 2.55 bits per heavy atom. The third kappa shape index (κ3) is 4.34. The van der Waals surface area contributed by atoms with Gasteiger partial charge in [-0.1, -0.05) is 57.9 Å². The molecule has 0 fully saturated rings. The lowest BCUT2D eigenvalue weighted by molar-refractivity contribution is 0.476. The highest BCUT2D eigenvalue weighted by Crippen LogP contribution is 2.23. The molecule has 0 aliphatic carbocycles. The van der Waals surface area contributed by atoms with Crippen LogP contribution < -0.4 is 5.32 Å². The first-order valence-electron chi connectivity index (χ1n) is 6.81. The molecule has 0 aliphatic heterocycles. The Morgan fingerprint density at radius 2 is 1.85 bits per heavy atom. The fourth-order valence-electron chi connectivity index (χ4n) is 2.42. The summed E-state index contributed by atoms with van der Waals surface area (Å²) in [4.78, 5) is 0. The maximum Gasteiger partial charge on any atom is 0.0408 e. The van der Waals surface area contributed by atoms with E-state index in [4.69, 9.17) is 11.6 Å². The lowest BCUT2D eigenvalue weighted by Crippen LogP contribution is -2.30. The number of hydrogen-bond acceptors (Lipinski definition) is 1. The van der Waals surface area contributed by atoms with E-state index in [1.54, 1.807) is 0 Å². The van der Waals surface area contributed by atoms with E-state index < -0.39 is 0 Å². The van der Waals surface area contributed by atoms with Gasteiger partial charge in [-0.25, -0.2) is 0 Å². The van der Waals surface area contributed by atoms with Gasteiger partial charge in [-0.05, 0) is 49.6 Å². The lowest BCUT2D eigenvalue weighted by atomic mass is 10.0. The maximum atomic E-state index is 6.02. The van der Waals surface area contributed by atoms with Crippen molar-refractivity contribution in [1.82, 2.24) is 5.32 Å². The maximum absolute atomic E-state index is 6.02. The highest BCUT2D eigenvalue weighted by molar-refractivity contribution is 9.10. The molecule has 2 atom stereocenters. The van der Waals surface area contributed by atoms with E-state index in [-0.39, 0.29) is 0 Å². The van der Waals surface area contributed by atoms with Crippen LogP contribution in [-0.2, 0) is 6.42 Å². The van der Waals surface area contributed by atoms with Gasteiger partial charge in [0.2, 0.25) is 0 Å². The molecule has 106 valence electrons. The van der Waals surface area contributed by atoms with Crippen molar-refractivity contribution in [3.8, 4) is 0 Å². The SMILES string of the molecule is CC(Cc1cccc(Cl)c1)NC(C)c1ccccc1Br. The molecule has 2 aromatic rings. The summed E-state index contributed by atoms with van der Waals surface area (Å²) in [7, 11) is 0. The quantitative estimate of drug-likeness (QED) is 0.761. The Bertz CT molecular complexity index is 570. The summed E-state index contributed by atoms with van der Waals surface area (Å²) in [6, 6.07) is 17.1. The monoisotopic (exact) mass is 351 g/mol. The number of halogens is 2. The molecular formula is C17H19BrClN. The molecule has 3 heteroatoms. The van der Waals surface area contributed by atoms with Crippen LogP contribution >= 0.6 is 27.5 Å². The Hall–Kier alpha value is -0.830. The van der Waals surface area contributed by atoms with Gasteiger partial charge < -0.3 is 5.32 Å². The van der Waals surface area contributed by atoms with Crippen LogP contribution in [0.4, 0.5) is 0 Å². The van der Waals surface area contributed by atoms with Gasteiger partial charge in [0.1, 0.15) is 0 Å². The van der Waals surface area contributed by atoms with Crippen LogP contribution in [0.25, 0.3) is 0 Å². The normalized spacial score (nSPS) is 14.0. The van der Waals surface area contributed by atoms with Crippen LogP contribution in [0.5, 0.6) is 0 Å². The second-order valence-corrected chi connectivity index (χ2v) is 6.44. The van der Waals surface area contributed by atoms with Gasteiger partial charge in [0, 0.05) is 21.6 Å². The van der Waals surface area contributed by atoms with Crippen LogP contribution in [0.3, 0.4) is 0 Å². The minimum absolute atomic E-state index is 0.305. The summed E-state index contributed by atoms with van der Waals surface area (Å²) in [5.74, 6) is 0. The summed E-state index contributed by atoms with van der Waals surface area (Å²) >= 11 is 9.63. The topological polar surface area (TPSA) is 12.0 Å². The average molecular weight is 353 g/mol. The number of rotatable bonds is 5. The van der Waals surface area contributed by atoms with Gasteiger partial charge in [0.05, 0.1) is 0 Å². The first-order chi connectivity index (χ1) is 9.56. The van der Waals surface area contributed by atoms with Crippen molar-refractivity contribution < 1.29 is 0 Å². The van der Waals surface area contributed by atoms with E-state index in [1.165, 1.54) is 11.1 Å². The third-order valence-electron chi connectivity index (χ3n) is 3.34. The van der Waals surface area contributed by atoms with Gasteiger partial charge in [-0.3, -0.25) is 0 Å². The van der Waals surface area contributed by atoms with Crippen molar-refractivity contribution in [1.29, 1.82) is 0 Å². The zero-order valence-corrected chi connectivity index (χ0v) is 14.1. The minimum atomic E-state index is 0.305. The predicted molar refractivity (Wildman–Crippen MR) is 90.3 cm³/mol. The smallest absolute Gasteiger partial charge is 0.0408 e. The molecule has 0 bridgehead atoms. The summed E-state index contributed by atoms with van der Waals surface area (Å²) in [6.45, 7) is 4.39. The van der Waals surface area contributed by atoms with Crippen LogP contribution in [-0.4, -0.2) is 6.04 Å². The van der Waals surface area contributed by atoms with Gasteiger partial charge in [-0.2, -0.15) is 0 Å². The van der Waals surface area contributed by atoms with E-state index >= 15 is 0 Å². The van der Waals surface area contributed by atoms with Crippen molar-refractivity contribution in [2.75, 3.05) is 0 Å². The Labute approximate surface area is 134 Å². The second kappa shape index (κ2) is 7.26. The van der Waals surface area contributed by atoms with Crippen LogP contribution in [0.2, 0.25) is 5.02 Å². The van der Waals surface area contributed by atoms with E-state index in [9.17, 15) is 0 Å². The van der Waals surface area contributed by atoms with Gasteiger partial charge in [-0.15, -0.1) is 0 Å². The Balaban J connectivity index is 1.98. The molecule has 0 amide bonds. The molecule has 2 rings (SSSR count). The summed E-state index contributed by atoms with van der Waals surface area (Å²) in [6.07, 6.45) is 0.968. The molecule has 0 aromatic heterocycles. The van der Waals surface area contributed by atoms with Crippen LogP contribution in [0, 0.1) is 0 Å². The number of benzene rings is 2. The van der Waals surface area contributed by atoms with E-state index in [0.29, 0.717) is 12.1 Å². The van der Waals surface area contributed by atoms with Crippen molar-refractivity contribution in [2.24, 2.45) is 0 Å². The summed E-state index contributed by atoms with van der Waals surface area (Å²) in [5.41, 5.74) is 2.54. The zero-order valence-electron chi connectivity index (χ0n) is 11.7. The molecule has 0 radical (unpaired) electrons. The van der Waals surface area contributed by atoms with Crippen molar-refractivity contribution in [2.45, 2.75) is 32.4 Å². The molecule has 0 spiro atoms. The predicted octanol–water partition coefficient (Wildman–Crippen LogP) is 5.38. The van der Waals surface area contributed by atoms with Crippen LogP contribution in [0.15, 0.2) is 53.0 Å². The average Bonchev–Trinajstić information content (AvgIpc) is 2.38. The lowest BCUT2D eigenvalue weighted by Gasteiger charge is -2.21. The van der Waals surface area contributed by atoms with Crippen molar-refractivity contribution in [3.05, 3.63) is 69.2 Å². The van der Waals surface area contributed by atoms with E-state index in [0.717, 1.165) is 15.9 Å². The fraction of sp³-hybridized carbons (Fsp3) is 0.294. The Morgan fingerprint density at radius 1 is 1.10 bits per heavy atom. The molecule has 0 aliphatic rings. The highest BCUT2D eigenvalue weighted by Gasteiger charge is 2.12. The van der Waals surface area contributed by atoms with Gasteiger partial charge in [0.25, 0.3) is 0 Å². The zero-order chi connectivity index (χ0) is 14.5. The summed E-state index contributed by atoms with van der Waals surface area (Å²) in [5, 5.41) is 4.43. The molecule has 0 saturated heterocycles. The third-order valence-corrected chi connectivity index (χ3v) is 4.29. The highest BCUT2D eigenvalue weighted by atomic mass is 79.9. The Kier molecular flexibility index (Phi) is 5.64. The van der Waals surface area contributed by atoms with E-state index in [1.807, 2.05) is 24.3 Å². The minimum Gasteiger partial charge on any atom is -0.307 e. The second-order valence-electron chi connectivity index (χ2n) is 5.14. The summed E-state index contributed by atoms with van der Waals surface area (Å²) < 4.78 is 1.15. The van der Waals surface area contributed by atoms with Gasteiger partial charge in [0.15, 0.2) is 0 Å². The molecule has 1 nitrogen and oxygen atoms in total. The van der Waals surface area contributed by atoms with Gasteiger partial charge >= 0.3 is 0 Å².